The van der Waals surface area contributed by atoms with E-state index < -0.39 is 0 Å². The van der Waals surface area contributed by atoms with Gasteiger partial charge in [-0.2, -0.15) is 5.10 Å². The van der Waals surface area contributed by atoms with Gasteiger partial charge >= 0.3 is 0 Å². The normalized spacial score (nSPS) is 16.0. The van der Waals surface area contributed by atoms with Gasteiger partial charge < -0.3 is 10.6 Å². The van der Waals surface area contributed by atoms with Crippen molar-refractivity contribution in [1.29, 1.82) is 0 Å². The van der Waals surface area contributed by atoms with Crippen molar-refractivity contribution in [2.45, 2.75) is 25.3 Å². The molecule has 33 heavy (non-hydrogen) atoms. The molecule has 2 N–H and O–H groups in total. The van der Waals surface area contributed by atoms with Crippen molar-refractivity contribution >= 4 is 23.5 Å². The molecule has 0 unspecified atom stereocenters. The van der Waals surface area contributed by atoms with Gasteiger partial charge in [0.05, 0.1) is 17.3 Å². The number of benzene rings is 1. The Hall–Kier alpha value is -3.78. The molecule has 4 heterocycles. The predicted molar refractivity (Wildman–Crippen MR) is 126 cm³/mol. The highest BCUT2D eigenvalue weighted by molar-refractivity contribution is 6.30. The number of anilines is 1. The third-order valence-electron chi connectivity index (χ3n) is 5.81. The molecule has 1 aromatic carbocycles. The fraction of sp³-hybridized carbons (Fsp3) is 0.208. The third kappa shape index (κ3) is 4.29. The maximum Gasteiger partial charge on any atom is 0.255 e. The summed E-state index contributed by atoms with van der Waals surface area (Å²) >= 11 is 6.07. The molecule has 1 aliphatic heterocycles. The lowest BCUT2D eigenvalue weighted by atomic mass is 9.93. The lowest BCUT2D eigenvalue weighted by Crippen LogP contribution is -2.39. The van der Waals surface area contributed by atoms with E-state index in [0.717, 1.165) is 36.1 Å². The molecule has 0 spiro atoms. The summed E-state index contributed by atoms with van der Waals surface area (Å²) in [6.45, 7) is 0.633. The first kappa shape index (κ1) is 21.1. The smallest absolute Gasteiger partial charge is 0.255 e. The Morgan fingerprint density at radius 2 is 1.91 bits per heavy atom. The summed E-state index contributed by atoms with van der Waals surface area (Å²) in [6, 6.07) is 12.7. The van der Waals surface area contributed by atoms with Crippen LogP contribution in [0, 0.1) is 0 Å². The zero-order valence-corrected chi connectivity index (χ0v) is 18.6. The molecule has 1 fully saturated rings. The van der Waals surface area contributed by atoms with Crippen molar-refractivity contribution in [3.63, 3.8) is 0 Å². The van der Waals surface area contributed by atoms with Crippen LogP contribution in [0.5, 0.6) is 0 Å². The number of amides is 1. The Bertz CT molecular complexity index is 1260. The van der Waals surface area contributed by atoms with Gasteiger partial charge in [-0.1, -0.05) is 23.7 Å². The van der Waals surface area contributed by atoms with E-state index in [9.17, 15) is 4.79 Å². The molecular weight excluding hydrogens is 438 g/mol. The van der Waals surface area contributed by atoms with E-state index >= 15 is 0 Å². The highest BCUT2D eigenvalue weighted by Gasteiger charge is 2.32. The Labute approximate surface area is 196 Å². The maximum atomic E-state index is 13.5. The van der Waals surface area contributed by atoms with Gasteiger partial charge in [-0.25, -0.2) is 19.6 Å². The van der Waals surface area contributed by atoms with E-state index in [1.165, 1.54) is 0 Å². The van der Waals surface area contributed by atoms with E-state index in [0.29, 0.717) is 22.9 Å². The quantitative estimate of drug-likeness (QED) is 0.487. The Kier molecular flexibility index (Phi) is 5.75. The summed E-state index contributed by atoms with van der Waals surface area (Å²) in [4.78, 5) is 28.6. The topological polar surface area (TPSA) is 103 Å². The van der Waals surface area contributed by atoms with Crippen LogP contribution in [0.15, 0.2) is 67.3 Å². The van der Waals surface area contributed by atoms with Crippen molar-refractivity contribution < 1.29 is 4.79 Å². The number of carbonyl (C=O) groups excluding carboxylic acids is 1. The first-order chi connectivity index (χ1) is 16.1. The second-order valence-electron chi connectivity index (χ2n) is 7.90. The number of nitrogens with two attached hydrogens (primary N) is 1. The maximum absolute atomic E-state index is 13.5. The first-order valence-corrected chi connectivity index (χ1v) is 11.1. The zero-order chi connectivity index (χ0) is 22.8. The van der Waals surface area contributed by atoms with Crippen LogP contribution in [0.3, 0.4) is 0 Å². The molecule has 0 saturated carbocycles. The summed E-state index contributed by atoms with van der Waals surface area (Å²) in [7, 11) is 0. The third-order valence-corrected chi connectivity index (χ3v) is 6.06. The van der Waals surface area contributed by atoms with Crippen LogP contribution in [0.1, 0.15) is 41.4 Å². The summed E-state index contributed by atoms with van der Waals surface area (Å²) in [5.74, 6) is 0.754. The second-order valence-corrected chi connectivity index (χ2v) is 8.34. The molecule has 0 aliphatic carbocycles. The van der Waals surface area contributed by atoms with Gasteiger partial charge in [0.15, 0.2) is 5.82 Å². The largest absolute Gasteiger partial charge is 0.368 e. The molecule has 1 saturated heterocycles. The first-order valence-electron chi connectivity index (χ1n) is 10.8. The van der Waals surface area contributed by atoms with E-state index in [1.54, 1.807) is 35.4 Å². The van der Waals surface area contributed by atoms with E-state index in [2.05, 4.69) is 20.1 Å². The average molecular weight is 460 g/mol. The van der Waals surface area contributed by atoms with Crippen molar-refractivity contribution in [2.24, 2.45) is 0 Å². The lowest BCUT2D eigenvalue weighted by molar-refractivity contribution is 0.0606. The van der Waals surface area contributed by atoms with Gasteiger partial charge in [0, 0.05) is 41.9 Å². The number of rotatable bonds is 4. The fourth-order valence-electron chi connectivity index (χ4n) is 4.19. The summed E-state index contributed by atoms with van der Waals surface area (Å²) in [5.41, 5.74) is 9.01. The standard InChI is InChI=1S/C24H22ClN7O/c25-18-8-5-16(6-9-18)19-15-28-24(26)30-22(19)20-4-1-2-12-31(20)23(33)17-7-10-21(27-14-17)32-13-3-11-29-32/h3,5-11,13-15,20H,1-2,4,12H2,(H2,26,28,30)/t20-/m0/s1. The van der Waals surface area contributed by atoms with Gasteiger partial charge in [-0.3, -0.25) is 4.79 Å². The van der Waals surface area contributed by atoms with Crippen LogP contribution in [0.25, 0.3) is 16.9 Å². The molecule has 9 heteroatoms. The van der Waals surface area contributed by atoms with Crippen molar-refractivity contribution in [1.82, 2.24) is 29.6 Å². The molecule has 166 valence electrons. The van der Waals surface area contributed by atoms with E-state index in [1.807, 2.05) is 41.4 Å². The predicted octanol–water partition coefficient (Wildman–Crippen LogP) is 4.33. The van der Waals surface area contributed by atoms with Crippen LogP contribution in [-0.4, -0.2) is 42.1 Å². The molecule has 5 rings (SSSR count). The minimum absolute atomic E-state index is 0.0848. The van der Waals surface area contributed by atoms with Crippen molar-refractivity contribution in [2.75, 3.05) is 12.3 Å². The Morgan fingerprint density at radius 1 is 1.06 bits per heavy atom. The van der Waals surface area contributed by atoms with Crippen LogP contribution in [0.2, 0.25) is 5.02 Å². The number of likely N-dealkylation sites (tertiary alicyclic amines) is 1. The number of hydrogen-bond acceptors (Lipinski definition) is 6. The fourth-order valence-corrected chi connectivity index (χ4v) is 4.32. The molecule has 1 amide bonds. The number of carbonyl (C=O) groups is 1. The van der Waals surface area contributed by atoms with Gasteiger partial charge in [0.2, 0.25) is 5.95 Å². The van der Waals surface area contributed by atoms with Gasteiger partial charge in [0.25, 0.3) is 5.91 Å². The summed E-state index contributed by atoms with van der Waals surface area (Å²) < 4.78 is 1.65. The molecule has 1 atom stereocenters. The minimum atomic E-state index is -0.215. The molecule has 0 radical (unpaired) electrons. The van der Waals surface area contributed by atoms with Gasteiger partial charge in [-0.15, -0.1) is 0 Å². The van der Waals surface area contributed by atoms with Gasteiger partial charge in [-0.05, 0) is 55.2 Å². The molecule has 4 aromatic rings. The van der Waals surface area contributed by atoms with Crippen LogP contribution in [-0.2, 0) is 0 Å². The number of hydrogen-bond donors (Lipinski definition) is 1. The van der Waals surface area contributed by atoms with E-state index in [-0.39, 0.29) is 17.9 Å². The molecule has 8 nitrogen and oxygen atoms in total. The number of aromatic nitrogens is 5. The Balaban J connectivity index is 1.49. The SMILES string of the molecule is Nc1ncc(-c2ccc(Cl)cc2)c([C@@H]2CCCCN2C(=O)c2ccc(-n3cccn3)nc2)n1. The van der Waals surface area contributed by atoms with Crippen molar-refractivity contribution in [3.05, 3.63) is 83.5 Å². The molecule has 1 aliphatic rings. The molecule has 0 bridgehead atoms. The summed E-state index contributed by atoms with van der Waals surface area (Å²) in [6.07, 6.45) is 9.53. The number of nitrogen functional groups attached to an aromatic ring is 1. The highest BCUT2D eigenvalue weighted by Crippen LogP contribution is 2.37. The van der Waals surface area contributed by atoms with Gasteiger partial charge in [0.1, 0.15) is 0 Å². The summed E-state index contributed by atoms with van der Waals surface area (Å²) in [5, 5.41) is 4.83. The van der Waals surface area contributed by atoms with Crippen LogP contribution >= 0.6 is 11.6 Å². The minimum Gasteiger partial charge on any atom is -0.368 e. The number of pyridine rings is 1. The average Bonchev–Trinajstić information content (AvgIpc) is 3.39. The second kappa shape index (κ2) is 8.99. The van der Waals surface area contributed by atoms with Crippen molar-refractivity contribution in [3.8, 4) is 16.9 Å². The monoisotopic (exact) mass is 459 g/mol. The van der Waals surface area contributed by atoms with E-state index in [4.69, 9.17) is 17.3 Å². The molecular formula is C24H22ClN7O. The number of piperidine rings is 1. The lowest BCUT2D eigenvalue weighted by Gasteiger charge is -2.36. The Morgan fingerprint density at radius 3 is 2.64 bits per heavy atom. The number of halogens is 1. The number of nitrogens with zero attached hydrogens (tertiary/aromatic N) is 6. The zero-order valence-electron chi connectivity index (χ0n) is 17.8. The van der Waals surface area contributed by atoms with Crippen LogP contribution in [0.4, 0.5) is 5.95 Å². The molecule has 3 aromatic heterocycles. The highest BCUT2D eigenvalue weighted by atomic mass is 35.5. The van der Waals surface area contributed by atoms with Crippen LogP contribution < -0.4 is 5.73 Å².